The van der Waals surface area contributed by atoms with Crippen molar-refractivity contribution < 1.29 is 19.1 Å². The Morgan fingerprint density at radius 3 is 2.14 bits per heavy atom. The average Bonchev–Trinajstić information content (AvgIpc) is 2.24. The van der Waals surface area contributed by atoms with Crippen LogP contribution in [0.3, 0.4) is 0 Å². The highest BCUT2D eigenvalue weighted by molar-refractivity contribution is 5.82. The summed E-state index contributed by atoms with van der Waals surface area (Å²) in [6, 6.07) is -0.407. The smallest absolute Gasteiger partial charge is 0.330 e. The molecule has 0 radical (unpaired) electrons. The molecule has 122 valence electrons. The van der Waals surface area contributed by atoms with Gasteiger partial charge in [0.2, 0.25) is 0 Å². The summed E-state index contributed by atoms with van der Waals surface area (Å²) in [5.41, 5.74) is -0.511. The molecule has 0 aromatic carbocycles. The first kappa shape index (κ1) is 19.6. The average molecular weight is 299 g/mol. The molecule has 0 aliphatic rings. The van der Waals surface area contributed by atoms with Crippen molar-refractivity contribution >= 4 is 11.9 Å². The molecule has 0 unspecified atom stereocenters. The maximum absolute atomic E-state index is 12.1. The number of carbonyl (C=O) groups is 2. The van der Waals surface area contributed by atoms with Crippen molar-refractivity contribution in [1.82, 2.24) is 5.32 Å². The number of rotatable bonds is 7. The van der Waals surface area contributed by atoms with E-state index in [1.54, 1.807) is 19.9 Å². The molecule has 0 aliphatic carbocycles. The Kier molecular flexibility index (Phi) is 8.25. The fraction of sp³-hybridized carbons (Fsp3) is 0.750. The highest BCUT2D eigenvalue weighted by Crippen LogP contribution is 2.12. The summed E-state index contributed by atoms with van der Waals surface area (Å²) in [4.78, 5) is 23.4. The Bertz CT molecular complexity index is 367. The summed E-state index contributed by atoms with van der Waals surface area (Å²) < 4.78 is 10.3. The summed E-state index contributed by atoms with van der Waals surface area (Å²) in [7, 11) is 0. The lowest BCUT2D eigenvalue weighted by Gasteiger charge is -2.26. The van der Waals surface area contributed by atoms with Gasteiger partial charge in [-0.15, -0.1) is 0 Å². The van der Waals surface area contributed by atoms with Gasteiger partial charge in [0.1, 0.15) is 11.6 Å². The molecule has 21 heavy (non-hydrogen) atoms. The topological polar surface area (TPSA) is 64.6 Å². The standard InChI is InChI=1S/C16H29NO4/c1-11(2)14(15(19)21-16(5,6)7)17-10-8-9-13(18)20-12(3)4/h8-9,11-12,14,17H,10H2,1-7H3/t14-/m0/s1. The van der Waals surface area contributed by atoms with Crippen LogP contribution in [0.4, 0.5) is 0 Å². The predicted molar refractivity (Wildman–Crippen MR) is 82.8 cm³/mol. The molecular weight excluding hydrogens is 270 g/mol. The van der Waals surface area contributed by atoms with Crippen molar-refractivity contribution in [3.05, 3.63) is 12.2 Å². The molecule has 0 fully saturated rings. The lowest BCUT2D eigenvalue weighted by Crippen LogP contribution is -2.44. The first-order valence-corrected chi connectivity index (χ1v) is 7.36. The van der Waals surface area contributed by atoms with Crippen molar-refractivity contribution in [2.75, 3.05) is 6.54 Å². The van der Waals surface area contributed by atoms with Crippen molar-refractivity contribution in [1.29, 1.82) is 0 Å². The molecule has 0 rings (SSSR count). The fourth-order valence-electron chi connectivity index (χ4n) is 1.58. The number of esters is 2. The molecule has 1 N–H and O–H groups in total. The van der Waals surface area contributed by atoms with E-state index in [9.17, 15) is 9.59 Å². The van der Waals surface area contributed by atoms with Crippen LogP contribution in [0.15, 0.2) is 12.2 Å². The van der Waals surface area contributed by atoms with Gasteiger partial charge in [0.05, 0.1) is 6.10 Å². The minimum Gasteiger partial charge on any atom is -0.460 e. The van der Waals surface area contributed by atoms with Gasteiger partial charge >= 0.3 is 11.9 Å². The van der Waals surface area contributed by atoms with Crippen LogP contribution in [0.25, 0.3) is 0 Å². The third-order valence-electron chi connectivity index (χ3n) is 2.39. The molecule has 0 spiro atoms. The lowest BCUT2D eigenvalue weighted by atomic mass is 10.0. The number of ether oxygens (including phenoxy) is 2. The molecule has 5 heteroatoms. The molecule has 0 saturated carbocycles. The van der Waals surface area contributed by atoms with Crippen molar-refractivity contribution in [3.63, 3.8) is 0 Å². The summed E-state index contributed by atoms with van der Waals surface area (Å²) in [5, 5.41) is 3.08. The highest BCUT2D eigenvalue weighted by atomic mass is 16.6. The Morgan fingerprint density at radius 1 is 1.14 bits per heavy atom. The van der Waals surface area contributed by atoms with E-state index in [0.717, 1.165) is 0 Å². The molecule has 5 nitrogen and oxygen atoms in total. The summed E-state index contributed by atoms with van der Waals surface area (Å²) >= 11 is 0. The summed E-state index contributed by atoms with van der Waals surface area (Å²) in [5.74, 6) is -0.573. The second-order valence-corrected chi connectivity index (χ2v) is 6.55. The maximum Gasteiger partial charge on any atom is 0.330 e. The van der Waals surface area contributed by atoms with Gasteiger partial charge in [0.25, 0.3) is 0 Å². The molecule has 0 amide bonds. The van der Waals surface area contributed by atoms with E-state index in [0.29, 0.717) is 6.54 Å². The van der Waals surface area contributed by atoms with E-state index in [2.05, 4.69) is 5.32 Å². The number of nitrogens with one attached hydrogen (secondary N) is 1. The molecule has 0 aromatic rings. The lowest BCUT2D eigenvalue weighted by molar-refractivity contribution is -0.158. The van der Waals surface area contributed by atoms with E-state index >= 15 is 0 Å². The van der Waals surface area contributed by atoms with Crippen LogP contribution in [-0.4, -0.2) is 36.2 Å². The van der Waals surface area contributed by atoms with Gasteiger partial charge in [-0.25, -0.2) is 4.79 Å². The zero-order chi connectivity index (χ0) is 16.6. The van der Waals surface area contributed by atoms with Crippen molar-refractivity contribution in [2.45, 2.75) is 66.2 Å². The largest absolute Gasteiger partial charge is 0.460 e. The molecule has 0 aliphatic heterocycles. The van der Waals surface area contributed by atoms with Gasteiger partial charge in [-0.2, -0.15) is 0 Å². The Balaban J connectivity index is 4.38. The second kappa shape index (κ2) is 8.82. The van der Waals surface area contributed by atoms with E-state index in [1.165, 1.54) is 6.08 Å². The molecule has 0 bridgehead atoms. The molecule has 0 heterocycles. The van der Waals surface area contributed by atoms with Crippen LogP contribution >= 0.6 is 0 Å². The van der Waals surface area contributed by atoms with E-state index in [-0.39, 0.29) is 24.0 Å². The zero-order valence-corrected chi connectivity index (χ0v) is 14.2. The first-order chi connectivity index (χ1) is 9.53. The van der Waals surface area contributed by atoms with Crippen molar-refractivity contribution in [2.24, 2.45) is 5.92 Å². The SMILES string of the molecule is CC(C)OC(=O)C=CCN[C@H](C(=O)OC(C)(C)C)C(C)C. The summed E-state index contributed by atoms with van der Waals surface area (Å²) in [6.07, 6.45) is 2.87. The first-order valence-electron chi connectivity index (χ1n) is 7.36. The molecular formula is C16H29NO4. The van der Waals surface area contributed by atoms with Crippen LogP contribution < -0.4 is 5.32 Å². The Morgan fingerprint density at radius 2 is 1.71 bits per heavy atom. The van der Waals surface area contributed by atoms with E-state index in [4.69, 9.17) is 9.47 Å². The van der Waals surface area contributed by atoms with Crippen LogP contribution in [-0.2, 0) is 19.1 Å². The minimum atomic E-state index is -0.511. The monoisotopic (exact) mass is 299 g/mol. The van der Waals surface area contributed by atoms with Gasteiger partial charge < -0.3 is 14.8 Å². The number of carbonyl (C=O) groups excluding carboxylic acids is 2. The normalized spacial score (nSPS) is 13.8. The van der Waals surface area contributed by atoms with Crippen LogP contribution in [0.2, 0.25) is 0 Å². The number of hydrogen-bond donors (Lipinski definition) is 1. The highest BCUT2D eigenvalue weighted by Gasteiger charge is 2.26. The molecule has 1 atom stereocenters. The third-order valence-corrected chi connectivity index (χ3v) is 2.39. The Labute approximate surface area is 128 Å². The van der Waals surface area contributed by atoms with Gasteiger partial charge in [-0.1, -0.05) is 19.9 Å². The van der Waals surface area contributed by atoms with Gasteiger partial charge in [-0.3, -0.25) is 4.79 Å². The van der Waals surface area contributed by atoms with Crippen LogP contribution in [0, 0.1) is 5.92 Å². The fourth-order valence-corrected chi connectivity index (χ4v) is 1.58. The zero-order valence-electron chi connectivity index (χ0n) is 14.2. The van der Waals surface area contributed by atoms with Gasteiger partial charge in [-0.05, 0) is 40.5 Å². The van der Waals surface area contributed by atoms with Crippen LogP contribution in [0.1, 0.15) is 48.5 Å². The predicted octanol–water partition coefficient (Wildman–Crippen LogP) is 2.45. The second-order valence-electron chi connectivity index (χ2n) is 6.55. The quantitative estimate of drug-likeness (QED) is 0.578. The molecule has 0 aromatic heterocycles. The summed E-state index contributed by atoms with van der Waals surface area (Å²) in [6.45, 7) is 13.4. The maximum atomic E-state index is 12.1. The van der Waals surface area contributed by atoms with E-state index in [1.807, 2.05) is 34.6 Å². The number of hydrogen-bond acceptors (Lipinski definition) is 5. The third kappa shape index (κ3) is 10.1. The minimum absolute atomic E-state index is 0.0934. The van der Waals surface area contributed by atoms with Gasteiger partial charge in [0, 0.05) is 12.6 Å². The van der Waals surface area contributed by atoms with Crippen LogP contribution in [0.5, 0.6) is 0 Å². The van der Waals surface area contributed by atoms with Gasteiger partial charge in [0.15, 0.2) is 0 Å². The molecule has 0 saturated heterocycles. The Hall–Kier alpha value is -1.36. The van der Waals surface area contributed by atoms with E-state index < -0.39 is 11.6 Å². The van der Waals surface area contributed by atoms with Crippen molar-refractivity contribution in [3.8, 4) is 0 Å².